The summed E-state index contributed by atoms with van der Waals surface area (Å²) in [6.07, 6.45) is 63.7. The van der Waals surface area contributed by atoms with Gasteiger partial charge in [-0.1, -0.05) is 223 Å². The lowest BCUT2D eigenvalue weighted by molar-refractivity contribution is -0.163. The van der Waals surface area contributed by atoms with Gasteiger partial charge < -0.3 is 14.2 Å². The van der Waals surface area contributed by atoms with Crippen molar-refractivity contribution in [2.45, 2.75) is 258 Å². The average molecular weight is 839 g/mol. The van der Waals surface area contributed by atoms with E-state index in [1.807, 2.05) is 0 Å². The second kappa shape index (κ2) is 51.0. The summed E-state index contributed by atoms with van der Waals surface area (Å²) in [5, 5.41) is 0. The molecule has 0 aliphatic rings. The third-order valence-electron chi connectivity index (χ3n) is 11.0. The first-order valence-corrected chi connectivity index (χ1v) is 25.8. The standard InChI is InChI=1S/C55H98O5/c1-4-7-10-13-16-19-22-25-27-29-32-35-38-41-44-47-50-58-51-53(60-55(57)49-46-43-40-37-34-30-24-21-18-15-12-9-6-3)52-59-54(56)48-45-42-39-36-33-31-28-26-23-20-17-14-11-8-5-2/h8,11-12,15,17,20-21,24,26,28,53H,4-7,9-10,13-14,16,18-19,22-23,25,27,29-52H2,1-3H3/b11-8-,15-12-,20-17-,24-21-,28-26-. The van der Waals surface area contributed by atoms with Crippen LogP contribution in [0.4, 0.5) is 0 Å². The molecule has 60 heavy (non-hydrogen) atoms. The van der Waals surface area contributed by atoms with Gasteiger partial charge in [0, 0.05) is 19.4 Å². The maximum absolute atomic E-state index is 12.8. The number of rotatable bonds is 47. The van der Waals surface area contributed by atoms with E-state index >= 15 is 0 Å². The van der Waals surface area contributed by atoms with Crippen molar-refractivity contribution in [1.29, 1.82) is 0 Å². The van der Waals surface area contributed by atoms with Crippen LogP contribution in [0.2, 0.25) is 0 Å². The van der Waals surface area contributed by atoms with Gasteiger partial charge in [0.25, 0.3) is 0 Å². The van der Waals surface area contributed by atoms with E-state index in [0.717, 1.165) is 89.9 Å². The molecule has 1 atom stereocenters. The molecule has 1 unspecified atom stereocenters. The van der Waals surface area contributed by atoms with Crippen molar-refractivity contribution in [3.63, 3.8) is 0 Å². The van der Waals surface area contributed by atoms with Gasteiger partial charge >= 0.3 is 11.9 Å². The number of allylic oxidation sites excluding steroid dienone is 10. The maximum atomic E-state index is 12.8. The third kappa shape index (κ3) is 48.3. The van der Waals surface area contributed by atoms with Crippen LogP contribution in [0.25, 0.3) is 0 Å². The number of hydrogen-bond donors (Lipinski definition) is 0. The van der Waals surface area contributed by atoms with E-state index in [2.05, 4.69) is 81.5 Å². The first-order chi connectivity index (χ1) is 29.6. The monoisotopic (exact) mass is 839 g/mol. The molecule has 0 fully saturated rings. The first kappa shape index (κ1) is 57.6. The van der Waals surface area contributed by atoms with Crippen molar-refractivity contribution in [1.82, 2.24) is 0 Å². The summed E-state index contributed by atoms with van der Waals surface area (Å²) in [6, 6.07) is 0. The van der Waals surface area contributed by atoms with Gasteiger partial charge in [-0.15, -0.1) is 0 Å². The molecule has 0 bridgehead atoms. The number of ether oxygens (including phenoxy) is 3. The van der Waals surface area contributed by atoms with Crippen LogP contribution in [-0.4, -0.2) is 37.9 Å². The van der Waals surface area contributed by atoms with Gasteiger partial charge in [-0.3, -0.25) is 9.59 Å². The Bertz CT molecular complexity index is 1040. The van der Waals surface area contributed by atoms with Crippen molar-refractivity contribution < 1.29 is 23.8 Å². The van der Waals surface area contributed by atoms with E-state index in [1.54, 1.807) is 0 Å². The van der Waals surface area contributed by atoms with Crippen LogP contribution < -0.4 is 0 Å². The SMILES string of the molecule is CC/C=C\C/C=C\C/C=C\CCCCCCCC(=O)OCC(COCCCCCCCCCCCCCCCCCC)OC(=O)CCCCCCC/C=C\C/C=C\CCC. The summed E-state index contributed by atoms with van der Waals surface area (Å²) >= 11 is 0. The Hall–Kier alpha value is -2.40. The third-order valence-corrected chi connectivity index (χ3v) is 11.0. The van der Waals surface area contributed by atoms with E-state index < -0.39 is 6.10 Å². The molecule has 0 heterocycles. The van der Waals surface area contributed by atoms with Crippen molar-refractivity contribution in [2.24, 2.45) is 0 Å². The summed E-state index contributed by atoms with van der Waals surface area (Å²) in [5.74, 6) is -0.426. The molecule has 0 aliphatic heterocycles. The Labute approximate surface area is 373 Å². The molecule has 0 spiro atoms. The van der Waals surface area contributed by atoms with Crippen molar-refractivity contribution in [2.75, 3.05) is 19.8 Å². The zero-order chi connectivity index (χ0) is 43.5. The number of hydrogen-bond acceptors (Lipinski definition) is 5. The summed E-state index contributed by atoms with van der Waals surface area (Å²) in [4.78, 5) is 25.4. The lowest BCUT2D eigenvalue weighted by atomic mass is 10.0. The van der Waals surface area contributed by atoms with Gasteiger partial charge in [-0.05, 0) is 77.0 Å². The summed E-state index contributed by atoms with van der Waals surface area (Å²) in [6.45, 7) is 7.65. The molecule has 0 aromatic carbocycles. The highest BCUT2D eigenvalue weighted by molar-refractivity contribution is 5.70. The van der Waals surface area contributed by atoms with Crippen LogP contribution in [0.5, 0.6) is 0 Å². The minimum atomic E-state index is -0.549. The van der Waals surface area contributed by atoms with Crippen molar-refractivity contribution in [3.8, 4) is 0 Å². The van der Waals surface area contributed by atoms with Gasteiger partial charge in [-0.2, -0.15) is 0 Å². The van der Waals surface area contributed by atoms with Gasteiger partial charge in [0.2, 0.25) is 0 Å². The molecular weight excluding hydrogens is 741 g/mol. The van der Waals surface area contributed by atoms with E-state index in [9.17, 15) is 9.59 Å². The molecule has 348 valence electrons. The molecule has 0 saturated heterocycles. The fourth-order valence-corrected chi connectivity index (χ4v) is 7.21. The van der Waals surface area contributed by atoms with E-state index in [1.165, 1.54) is 128 Å². The number of carbonyl (C=O) groups excluding carboxylic acids is 2. The van der Waals surface area contributed by atoms with Gasteiger partial charge in [-0.25, -0.2) is 0 Å². The minimum Gasteiger partial charge on any atom is -0.462 e. The predicted molar refractivity (Wildman–Crippen MR) is 261 cm³/mol. The summed E-state index contributed by atoms with van der Waals surface area (Å²) in [7, 11) is 0. The smallest absolute Gasteiger partial charge is 0.306 e. The molecule has 5 nitrogen and oxygen atoms in total. The fraction of sp³-hybridized carbons (Fsp3) is 0.782. The lowest BCUT2D eigenvalue weighted by Gasteiger charge is -2.18. The Morgan fingerprint density at radius 2 is 0.783 bits per heavy atom. The minimum absolute atomic E-state index is 0.0718. The van der Waals surface area contributed by atoms with Crippen LogP contribution in [-0.2, 0) is 23.8 Å². The highest BCUT2D eigenvalue weighted by Crippen LogP contribution is 2.15. The second-order valence-corrected chi connectivity index (χ2v) is 17.0. The van der Waals surface area contributed by atoms with E-state index in [-0.39, 0.29) is 25.2 Å². The molecule has 0 saturated carbocycles. The largest absolute Gasteiger partial charge is 0.462 e. The maximum Gasteiger partial charge on any atom is 0.306 e. The highest BCUT2D eigenvalue weighted by Gasteiger charge is 2.17. The molecule has 0 radical (unpaired) electrons. The fourth-order valence-electron chi connectivity index (χ4n) is 7.21. The molecule has 0 aromatic rings. The van der Waals surface area contributed by atoms with Crippen LogP contribution >= 0.6 is 0 Å². The normalized spacial score (nSPS) is 12.7. The van der Waals surface area contributed by atoms with E-state index in [0.29, 0.717) is 19.4 Å². The van der Waals surface area contributed by atoms with Gasteiger partial charge in [0.05, 0.1) is 6.61 Å². The number of carbonyl (C=O) groups is 2. The van der Waals surface area contributed by atoms with Crippen LogP contribution in [0, 0.1) is 0 Å². The van der Waals surface area contributed by atoms with Gasteiger partial charge in [0.1, 0.15) is 6.61 Å². The second-order valence-electron chi connectivity index (χ2n) is 17.0. The topological polar surface area (TPSA) is 61.8 Å². The Kier molecular flexibility index (Phi) is 48.9. The molecule has 5 heteroatoms. The average Bonchev–Trinajstić information content (AvgIpc) is 3.25. The van der Waals surface area contributed by atoms with E-state index in [4.69, 9.17) is 14.2 Å². The summed E-state index contributed by atoms with van der Waals surface area (Å²) in [5.41, 5.74) is 0. The zero-order valence-electron chi connectivity index (χ0n) is 40.0. The van der Waals surface area contributed by atoms with Crippen LogP contribution in [0.1, 0.15) is 252 Å². The molecule has 0 rings (SSSR count). The molecule has 0 N–H and O–H groups in total. The Morgan fingerprint density at radius 1 is 0.383 bits per heavy atom. The molecule has 0 aliphatic carbocycles. The quantitative estimate of drug-likeness (QED) is 0.0347. The Morgan fingerprint density at radius 3 is 1.27 bits per heavy atom. The molecule has 0 aromatic heterocycles. The van der Waals surface area contributed by atoms with Crippen molar-refractivity contribution >= 4 is 11.9 Å². The predicted octanol–water partition coefficient (Wildman–Crippen LogP) is 17.3. The molecule has 0 amide bonds. The highest BCUT2D eigenvalue weighted by atomic mass is 16.6. The molecular formula is C55H98O5. The lowest BCUT2D eigenvalue weighted by Crippen LogP contribution is -2.30. The van der Waals surface area contributed by atoms with Crippen molar-refractivity contribution in [3.05, 3.63) is 60.8 Å². The van der Waals surface area contributed by atoms with Crippen LogP contribution in [0.15, 0.2) is 60.8 Å². The Balaban J connectivity index is 4.28. The summed E-state index contributed by atoms with van der Waals surface area (Å²) < 4.78 is 17.4. The number of unbranched alkanes of at least 4 members (excludes halogenated alkanes) is 26. The zero-order valence-corrected chi connectivity index (χ0v) is 40.0. The first-order valence-electron chi connectivity index (χ1n) is 25.8. The van der Waals surface area contributed by atoms with Crippen LogP contribution in [0.3, 0.4) is 0 Å². The number of esters is 2. The van der Waals surface area contributed by atoms with Gasteiger partial charge in [0.15, 0.2) is 6.10 Å².